The van der Waals surface area contributed by atoms with Gasteiger partial charge in [-0.25, -0.2) is 4.68 Å². The Bertz CT molecular complexity index is 1030. The molecule has 0 bridgehead atoms. The lowest BCUT2D eigenvalue weighted by Gasteiger charge is -2.07. The molecular weight excluding hydrogens is 350 g/mol. The van der Waals surface area contributed by atoms with E-state index in [1.165, 1.54) is 11.6 Å². The Morgan fingerprint density at radius 3 is 2.39 bits per heavy atom. The minimum atomic E-state index is -0.210. The van der Waals surface area contributed by atoms with Crippen molar-refractivity contribution in [3.05, 3.63) is 76.6 Å². The van der Waals surface area contributed by atoms with Gasteiger partial charge in [0, 0.05) is 11.6 Å². The number of benzene rings is 2. The van der Waals surface area contributed by atoms with Crippen LogP contribution in [0.15, 0.2) is 48.5 Å². The molecule has 0 radical (unpaired) electrons. The number of nitrogens with one attached hydrogen (secondary N) is 1. The van der Waals surface area contributed by atoms with Crippen LogP contribution in [0.25, 0.3) is 11.8 Å². The third-order valence-corrected chi connectivity index (χ3v) is 4.62. The fraction of sp³-hybridized carbons (Fsp3) is 0.217. The van der Waals surface area contributed by atoms with E-state index in [0.717, 1.165) is 39.6 Å². The number of aryl methyl sites for hydroxylation is 3. The van der Waals surface area contributed by atoms with Crippen molar-refractivity contribution < 1.29 is 9.53 Å². The lowest BCUT2D eigenvalue weighted by atomic mass is 10.1. The van der Waals surface area contributed by atoms with Crippen molar-refractivity contribution in [2.24, 2.45) is 0 Å². The number of methoxy groups -OCH3 is 1. The van der Waals surface area contributed by atoms with Gasteiger partial charge in [0.05, 0.1) is 29.9 Å². The van der Waals surface area contributed by atoms with Gasteiger partial charge in [0.2, 0.25) is 5.91 Å². The fourth-order valence-corrected chi connectivity index (χ4v) is 3.08. The molecule has 1 heterocycles. The number of nitrogens with zero attached hydrogens (tertiary/aromatic N) is 2. The van der Waals surface area contributed by atoms with Crippen LogP contribution in [-0.2, 0) is 4.79 Å². The van der Waals surface area contributed by atoms with Gasteiger partial charge >= 0.3 is 0 Å². The van der Waals surface area contributed by atoms with Crippen LogP contribution < -0.4 is 10.1 Å². The van der Waals surface area contributed by atoms with Gasteiger partial charge in [-0.15, -0.1) is 0 Å². The highest BCUT2D eigenvalue weighted by Crippen LogP contribution is 2.24. The molecule has 0 aliphatic rings. The summed E-state index contributed by atoms with van der Waals surface area (Å²) >= 11 is 0. The van der Waals surface area contributed by atoms with E-state index in [-0.39, 0.29) is 5.91 Å². The lowest BCUT2D eigenvalue weighted by Crippen LogP contribution is -2.09. The van der Waals surface area contributed by atoms with E-state index in [1.54, 1.807) is 13.2 Å². The maximum atomic E-state index is 12.5. The van der Waals surface area contributed by atoms with E-state index in [1.807, 2.05) is 74.8 Å². The van der Waals surface area contributed by atoms with Crippen LogP contribution in [0.1, 0.15) is 28.1 Å². The highest BCUT2D eigenvalue weighted by Gasteiger charge is 2.14. The van der Waals surface area contributed by atoms with Crippen LogP contribution in [0.4, 0.5) is 5.69 Å². The Kier molecular flexibility index (Phi) is 5.64. The largest absolute Gasteiger partial charge is 0.496 e. The average Bonchev–Trinajstić information content (AvgIpc) is 2.95. The zero-order valence-corrected chi connectivity index (χ0v) is 16.9. The summed E-state index contributed by atoms with van der Waals surface area (Å²) in [5.74, 6) is 0.521. The first kappa shape index (κ1) is 19.4. The lowest BCUT2D eigenvalue weighted by molar-refractivity contribution is -0.111. The molecule has 0 unspecified atom stereocenters. The SMILES string of the molecule is COc1ccc(C)cc1/C=C/C(=O)Nc1c(C)nn(-c2ccc(C)cc2)c1C. The second-order valence-electron chi connectivity index (χ2n) is 6.86. The molecule has 3 aromatic rings. The molecule has 1 N–H and O–H groups in total. The number of hydrogen-bond acceptors (Lipinski definition) is 3. The van der Waals surface area contributed by atoms with Gasteiger partial charge < -0.3 is 10.1 Å². The average molecular weight is 375 g/mol. The number of rotatable bonds is 5. The summed E-state index contributed by atoms with van der Waals surface area (Å²) in [6.07, 6.45) is 3.27. The summed E-state index contributed by atoms with van der Waals surface area (Å²) in [5.41, 5.74) is 6.51. The zero-order valence-electron chi connectivity index (χ0n) is 16.9. The standard InChI is InChI=1S/C23H25N3O2/c1-15-6-10-20(11-7-15)26-18(4)23(17(3)25-26)24-22(27)13-9-19-14-16(2)8-12-21(19)28-5/h6-14H,1-5H3,(H,24,27)/b13-9+. The highest BCUT2D eigenvalue weighted by atomic mass is 16.5. The molecule has 1 amide bonds. The molecule has 0 saturated heterocycles. The molecule has 5 nitrogen and oxygen atoms in total. The van der Waals surface area contributed by atoms with Crippen molar-refractivity contribution in [2.45, 2.75) is 27.7 Å². The van der Waals surface area contributed by atoms with Crippen molar-refractivity contribution in [1.29, 1.82) is 0 Å². The van der Waals surface area contributed by atoms with Crippen molar-refractivity contribution in [3.63, 3.8) is 0 Å². The van der Waals surface area contributed by atoms with Crippen molar-refractivity contribution >= 4 is 17.7 Å². The molecule has 3 rings (SSSR count). The second kappa shape index (κ2) is 8.13. The Morgan fingerprint density at radius 1 is 1.04 bits per heavy atom. The molecule has 0 aliphatic heterocycles. The molecule has 2 aromatic carbocycles. The zero-order chi connectivity index (χ0) is 20.3. The molecule has 0 aliphatic carbocycles. The quantitative estimate of drug-likeness (QED) is 0.654. The minimum absolute atomic E-state index is 0.210. The van der Waals surface area contributed by atoms with E-state index in [9.17, 15) is 4.79 Å². The third-order valence-electron chi connectivity index (χ3n) is 4.62. The minimum Gasteiger partial charge on any atom is -0.496 e. The first-order chi connectivity index (χ1) is 13.4. The van der Waals surface area contributed by atoms with Crippen molar-refractivity contribution in [2.75, 3.05) is 12.4 Å². The van der Waals surface area contributed by atoms with E-state index in [0.29, 0.717) is 0 Å². The molecule has 0 spiro atoms. The fourth-order valence-electron chi connectivity index (χ4n) is 3.08. The molecule has 0 saturated carbocycles. The predicted octanol–water partition coefficient (Wildman–Crippen LogP) is 4.77. The smallest absolute Gasteiger partial charge is 0.248 e. The van der Waals surface area contributed by atoms with Crippen LogP contribution >= 0.6 is 0 Å². The molecular formula is C23H25N3O2. The van der Waals surface area contributed by atoms with E-state index >= 15 is 0 Å². The Labute approximate surface area is 165 Å². The van der Waals surface area contributed by atoms with Crippen molar-refractivity contribution in [3.8, 4) is 11.4 Å². The Morgan fingerprint density at radius 2 is 1.71 bits per heavy atom. The summed E-state index contributed by atoms with van der Waals surface area (Å²) in [4.78, 5) is 12.5. The van der Waals surface area contributed by atoms with Gasteiger partial charge in [-0.1, -0.05) is 29.3 Å². The maximum Gasteiger partial charge on any atom is 0.248 e. The number of anilines is 1. The van der Waals surface area contributed by atoms with Gasteiger partial charge in [-0.3, -0.25) is 4.79 Å². The van der Waals surface area contributed by atoms with Gasteiger partial charge in [-0.05, 0) is 58.0 Å². The first-order valence-electron chi connectivity index (χ1n) is 9.16. The monoisotopic (exact) mass is 375 g/mol. The molecule has 144 valence electrons. The van der Waals surface area contributed by atoms with E-state index < -0.39 is 0 Å². The van der Waals surface area contributed by atoms with Gasteiger partial charge in [0.25, 0.3) is 0 Å². The number of ether oxygens (including phenoxy) is 1. The number of carbonyl (C=O) groups excluding carboxylic acids is 1. The normalized spacial score (nSPS) is 11.0. The summed E-state index contributed by atoms with van der Waals surface area (Å²) in [7, 11) is 1.62. The van der Waals surface area contributed by atoms with Gasteiger partial charge in [0.1, 0.15) is 5.75 Å². The Hall–Kier alpha value is -3.34. The van der Waals surface area contributed by atoms with Crippen LogP contribution in [0.2, 0.25) is 0 Å². The third kappa shape index (κ3) is 4.14. The van der Waals surface area contributed by atoms with E-state index in [2.05, 4.69) is 10.4 Å². The summed E-state index contributed by atoms with van der Waals surface area (Å²) in [5, 5.41) is 7.53. The van der Waals surface area contributed by atoms with E-state index in [4.69, 9.17) is 4.74 Å². The number of carbonyl (C=O) groups is 1. The molecule has 1 aromatic heterocycles. The molecule has 0 fully saturated rings. The topological polar surface area (TPSA) is 56.1 Å². The van der Waals surface area contributed by atoms with Crippen LogP contribution in [0.3, 0.4) is 0 Å². The van der Waals surface area contributed by atoms with Gasteiger partial charge in [0.15, 0.2) is 0 Å². The summed E-state index contributed by atoms with van der Waals surface area (Å²) in [6.45, 7) is 7.89. The predicted molar refractivity (Wildman–Crippen MR) is 113 cm³/mol. The Balaban J connectivity index is 1.81. The maximum absolute atomic E-state index is 12.5. The van der Waals surface area contributed by atoms with Crippen LogP contribution in [0, 0.1) is 27.7 Å². The van der Waals surface area contributed by atoms with Crippen LogP contribution in [0.5, 0.6) is 5.75 Å². The van der Waals surface area contributed by atoms with Crippen LogP contribution in [-0.4, -0.2) is 22.8 Å². The second-order valence-corrected chi connectivity index (χ2v) is 6.86. The number of amides is 1. The van der Waals surface area contributed by atoms with Gasteiger partial charge in [-0.2, -0.15) is 5.10 Å². The number of hydrogen-bond donors (Lipinski definition) is 1. The summed E-state index contributed by atoms with van der Waals surface area (Å²) < 4.78 is 7.20. The first-order valence-corrected chi connectivity index (χ1v) is 9.16. The molecule has 0 atom stereocenters. The summed E-state index contributed by atoms with van der Waals surface area (Å²) in [6, 6.07) is 14.0. The highest BCUT2D eigenvalue weighted by molar-refractivity contribution is 6.02. The molecule has 28 heavy (non-hydrogen) atoms. The number of aromatic nitrogens is 2. The van der Waals surface area contributed by atoms with Crippen molar-refractivity contribution in [1.82, 2.24) is 9.78 Å². The molecule has 5 heteroatoms.